The van der Waals surface area contributed by atoms with Crippen LogP contribution in [0.15, 0.2) is 41.8 Å². The van der Waals surface area contributed by atoms with Crippen molar-refractivity contribution < 1.29 is 19.1 Å². The molecule has 2 aromatic heterocycles. The van der Waals surface area contributed by atoms with Crippen molar-refractivity contribution in [1.29, 1.82) is 0 Å². The second kappa shape index (κ2) is 11.1. The first-order chi connectivity index (χ1) is 16.6. The van der Waals surface area contributed by atoms with Gasteiger partial charge in [0.05, 0.1) is 31.5 Å². The highest BCUT2D eigenvalue weighted by Gasteiger charge is 2.26. The van der Waals surface area contributed by atoms with Crippen molar-refractivity contribution in [1.82, 2.24) is 15.2 Å². The number of piperidine rings is 1. The van der Waals surface area contributed by atoms with Gasteiger partial charge in [-0.2, -0.15) is 0 Å². The van der Waals surface area contributed by atoms with E-state index in [1.807, 2.05) is 36.4 Å². The fourth-order valence-electron chi connectivity index (χ4n) is 3.88. The number of nitrogens with one attached hydrogen (secondary N) is 1. The number of anilines is 2. The number of aromatic nitrogens is 3. The minimum absolute atomic E-state index is 0.0470. The third-order valence-electron chi connectivity index (χ3n) is 5.64. The molecular formula is C24H27N5O4S. The fourth-order valence-corrected chi connectivity index (χ4v) is 4.59. The lowest BCUT2D eigenvalue weighted by Gasteiger charge is -2.31. The summed E-state index contributed by atoms with van der Waals surface area (Å²) in [6.45, 7) is 3.53. The lowest BCUT2D eigenvalue weighted by Crippen LogP contribution is -2.38. The van der Waals surface area contributed by atoms with Gasteiger partial charge in [-0.1, -0.05) is 12.1 Å². The van der Waals surface area contributed by atoms with E-state index in [0.717, 1.165) is 22.8 Å². The lowest BCUT2D eigenvalue weighted by atomic mass is 9.96. The van der Waals surface area contributed by atoms with Gasteiger partial charge in [-0.25, -0.2) is 4.98 Å². The number of hydrogen-bond acceptors (Lipinski definition) is 9. The highest BCUT2D eigenvalue weighted by Crippen LogP contribution is 2.29. The van der Waals surface area contributed by atoms with Gasteiger partial charge < -0.3 is 19.7 Å². The van der Waals surface area contributed by atoms with Gasteiger partial charge in [-0.05, 0) is 44.0 Å². The molecule has 0 unspecified atom stereocenters. The molecule has 4 rings (SSSR count). The van der Waals surface area contributed by atoms with E-state index in [1.165, 1.54) is 11.3 Å². The summed E-state index contributed by atoms with van der Waals surface area (Å²) in [5.41, 5.74) is 2.25. The summed E-state index contributed by atoms with van der Waals surface area (Å²) in [4.78, 5) is 30.8. The molecule has 10 heteroatoms. The Kier molecular flexibility index (Phi) is 7.69. The largest absolute Gasteiger partial charge is 0.496 e. The number of rotatable bonds is 8. The molecule has 178 valence electrons. The van der Waals surface area contributed by atoms with Crippen molar-refractivity contribution in [3.05, 3.63) is 47.5 Å². The molecule has 0 spiro atoms. The van der Waals surface area contributed by atoms with Gasteiger partial charge in [0, 0.05) is 30.0 Å². The number of carbonyl (C=O) groups is 2. The maximum atomic E-state index is 12.7. The van der Waals surface area contributed by atoms with Crippen LogP contribution in [-0.2, 0) is 20.7 Å². The van der Waals surface area contributed by atoms with Gasteiger partial charge in [-0.15, -0.1) is 21.5 Å². The van der Waals surface area contributed by atoms with Crippen LogP contribution >= 0.6 is 11.3 Å². The van der Waals surface area contributed by atoms with Crippen LogP contribution in [0.3, 0.4) is 0 Å². The van der Waals surface area contributed by atoms with Crippen molar-refractivity contribution in [3.8, 4) is 17.0 Å². The molecule has 1 saturated heterocycles. The van der Waals surface area contributed by atoms with E-state index >= 15 is 0 Å². The van der Waals surface area contributed by atoms with Crippen LogP contribution in [0.2, 0.25) is 0 Å². The second-order valence-corrected chi connectivity index (χ2v) is 8.71. The van der Waals surface area contributed by atoms with E-state index in [-0.39, 0.29) is 24.2 Å². The number of methoxy groups -OCH3 is 1. The first-order valence-electron chi connectivity index (χ1n) is 11.2. The Morgan fingerprint density at radius 1 is 1.15 bits per heavy atom. The maximum absolute atomic E-state index is 12.7. The Bertz CT molecular complexity index is 1130. The smallest absolute Gasteiger partial charge is 0.311 e. The summed E-state index contributed by atoms with van der Waals surface area (Å²) in [5, 5.41) is 13.9. The molecule has 1 aromatic carbocycles. The summed E-state index contributed by atoms with van der Waals surface area (Å²) < 4.78 is 10.3. The summed E-state index contributed by atoms with van der Waals surface area (Å²) in [7, 11) is 1.64. The number of thiazole rings is 1. The summed E-state index contributed by atoms with van der Waals surface area (Å²) >= 11 is 1.31. The first-order valence-corrected chi connectivity index (χ1v) is 12.1. The van der Waals surface area contributed by atoms with E-state index < -0.39 is 0 Å². The number of hydrogen-bond donors (Lipinski definition) is 1. The van der Waals surface area contributed by atoms with Gasteiger partial charge in [-0.3, -0.25) is 9.59 Å². The van der Waals surface area contributed by atoms with E-state index in [1.54, 1.807) is 19.4 Å². The molecule has 34 heavy (non-hydrogen) atoms. The average molecular weight is 482 g/mol. The minimum atomic E-state index is -0.322. The number of para-hydroxylation sites is 1. The summed E-state index contributed by atoms with van der Waals surface area (Å²) in [5.74, 6) is 1.08. The van der Waals surface area contributed by atoms with Gasteiger partial charge in [0.25, 0.3) is 0 Å². The normalized spacial score (nSPS) is 14.0. The van der Waals surface area contributed by atoms with Gasteiger partial charge in [0.2, 0.25) is 5.91 Å². The number of carbonyl (C=O) groups excluding carboxylic acids is 2. The molecule has 1 fully saturated rings. The monoisotopic (exact) mass is 481 g/mol. The standard InChI is InChI=1S/C24H27N5O4S/c1-3-33-22(30)14-17-15-34-24(25-17)26-23(31)16-10-12-29(13-11-16)21-9-8-19(27-28-21)18-6-4-5-7-20(18)32-2/h4-9,15-16H,3,10-14H2,1-2H3,(H,25,26,31). The molecular weight excluding hydrogens is 454 g/mol. The molecule has 1 N–H and O–H groups in total. The van der Waals surface area contributed by atoms with E-state index in [0.29, 0.717) is 43.4 Å². The maximum Gasteiger partial charge on any atom is 0.311 e. The third-order valence-corrected chi connectivity index (χ3v) is 6.44. The van der Waals surface area contributed by atoms with Crippen LogP contribution < -0.4 is 15.0 Å². The van der Waals surface area contributed by atoms with Crippen LogP contribution in [0.1, 0.15) is 25.5 Å². The molecule has 1 aliphatic heterocycles. The number of ether oxygens (including phenoxy) is 2. The molecule has 3 heterocycles. The van der Waals surface area contributed by atoms with Crippen molar-refractivity contribution in [2.75, 3.05) is 37.0 Å². The van der Waals surface area contributed by atoms with E-state index in [4.69, 9.17) is 9.47 Å². The Morgan fingerprint density at radius 2 is 1.94 bits per heavy atom. The molecule has 1 amide bonds. The molecule has 0 radical (unpaired) electrons. The molecule has 0 bridgehead atoms. The zero-order valence-electron chi connectivity index (χ0n) is 19.2. The zero-order chi connectivity index (χ0) is 23.9. The highest BCUT2D eigenvalue weighted by atomic mass is 32.1. The Morgan fingerprint density at radius 3 is 2.65 bits per heavy atom. The topological polar surface area (TPSA) is 107 Å². The van der Waals surface area contributed by atoms with Crippen molar-refractivity contribution in [2.45, 2.75) is 26.2 Å². The molecule has 0 atom stereocenters. The van der Waals surface area contributed by atoms with Crippen LogP contribution in [0.5, 0.6) is 5.75 Å². The molecule has 9 nitrogen and oxygen atoms in total. The van der Waals surface area contributed by atoms with Crippen molar-refractivity contribution >= 4 is 34.2 Å². The molecule has 3 aromatic rings. The van der Waals surface area contributed by atoms with Crippen LogP contribution in [0, 0.1) is 5.92 Å². The SMILES string of the molecule is CCOC(=O)Cc1csc(NC(=O)C2CCN(c3ccc(-c4ccccc4OC)nn3)CC2)n1. The predicted molar refractivity (Wildman–Crippen MR) is 130 cm³/mol. The van der Waals surface area contributed by atoms with Crippen LogP contribution in [-0.4, -0.2) is 53.9 Å². The Labute approximate surface area is 202 Å². The molecule has 0 aliphatic carbocycles. The van der Waals surface area contributed by atoms with Gasteiger partial charge in [0.15, 0.2) is 10.9 Å². The van der Waals surface area contributed by atoms with E-state index in [2.05, 4.69) is 25.4 Å². The number of amides is 1. The predicted octanol–water partition coefficient (Wildman–Crippen LogP) is 3.57. The summed E-state index contributed by atoms with van der Waals surface area (Å²) in [6, 6.07) is 11.6. The zero-order valence-corrected chi connectivity index (χ0v) is 20.0. The fraction of sp³-hybridized carbons (Fsp3) is 0.375. The highest BCUT2D eigenvalue weighted by molar-refractivity contribution is 7.13. The van der Waals surface area contributed by atoms with Crippen LogP contribution in [0.4, 0.5) is 10.9 Å². The molecule has 1 aliphatic rings. The van der Waals surface area contributed by atoms with Crippen LogP contribution in [0.25, 0.3) is 11.3 Å². The Balaban J connectivity index is 1.30. The summed E-state index contributed by atoms with van der Waals surface area (Å²) in [6.07, 6.45) is 1.53. The lowest BCUT2D eigenvalue weighted by molar-refractivity contribution is -0.142. The first kappa shape index (κ1) is 23.6. The second-order valence-electron chi connectivity index (χ2n) is 7.85. The van der Waals surface area contributed by atoms with Gasteiger partial charge in [0.1, 0.15) is 5.75 Å². The number of benzene rings is 1. The quantitative estimate of drug-likeness (QED) is 0.487. The minimum Gasteiger partial charge on any atom is -0.496 e. The van der Waals surface area contributed by atoms with Crippen molar-refractivity contribution in [3.63, 3.8) is 0 Å². The Hall–Kier alpha value is -3.53. The third kappa shape index (κ3) is 5.69. The number of esters is 1. The van der Waals surface area contributed by atoms with Gasteiger partial charge >= 0.3 is 5.97 Å². The van der Waals surface area contributed by atoms with Crippen molar-refractivity contribution in [2.24, 2.45) is 5.92 Å². The number of nitrogens with zero attached hydrogens (tertiary/aromatic N) is 4. The molecule has 0 saturated carbocycles. The van der Waals surface area contributed by atoms with E-state index in [9.17, 15) is 9.59 Å². The average Bonchev–Trinajstić information content (AvgIpc) is 3.30.